The lowest BCUT2D eigenvalue weighted by molar-refractivity contribution is -0.143. The van der Waals surface area contributed by atoms with E-state index in [2.05, 4.69) is 67.1 Å². The minimum Gasteiger partial charge on any atom is -0.372 e. The maximum absolute atomic E-state index is 12.6. The number of ether oxygens (including phenoxy) is 1. The van der Waals surface area contributed by atoms with Crippen molar-refractivity contribution in [3.8, 4) is 0 Å². The van der Waals surface area contributed by atoms with Crippen molar-refractivity contribution in [2.24, 2.45) is 0 Å². The number of morpholine rings is 1. The topological polar surface area (TPSA) is 73.1 Å². The summed E-state index contributed by atoms with van der Waals surface area (Å²) >= 11 is 5.06. The number of halogens is 1. The van der Waals surface area contributed by atoms with Crippen molar-refractivity contribution in [1.82, 2.24) is 24.6 Å². The molecule has 1 fully saturated rings. The molecule has 2 atom stereocenters. The molecule has 3 heterocycles. The molecular formula is C26H28BrN5O2S. The van der Waals surface area contributed by atoms with Crippen LogP contribution in [0.2, 0.25) is 0 Å². The van der Waals surface area contributed by atoms with Crippen LogP contribution in [0.5, 0.6) is 0 Å². The summed E-state index contributed by atoms with van der Waals surface area (Å²) in [5.74, 6) is 0.957. The van der Waals surface area contributed by atoms with E-state index >= 15 is 0 Å². The van der Waals surface area contributed by atoms with Crippen LogP contribution in [0.15, 0.2) is 58.2 Å². The molecule has 0 aliphatic carbocycles. The zero-order chi connectivity index (χ0) is 24.4. The Hall–Kier alpha value is -2.49. The average Bonchev–Trinajstić information content (AvgIpc) is 3.15. The fraction of sp³-hybridized carbons (Fsp3) is 0.385. The summed E-state index contributed by atoms with van der Waals surface area (Å²) in [6, 6.07) is 16.6. The number of benzene rings is 2. The van der Waals surface area contributed by atoms with E-state index < -0.39 is 0 Å². The molecule has 1 aliphatic rings. The van der Waals surface area contributed by atoms with E-state index in [4.69, 9.17) is 9.72 Å². The highest BCUT2D eigenvalue weighted by molar-refractivity contribution is 9.10. The summed E-state index contributed by atoms with van der Waals surface area (Å²) in [7, 11) is 0. The van der Waals surface area contributed by atoms with Crippen molar-refractivity contribution in [3.05, 3.63) is 58.6 Å². The van der Waals surface area contributed by atoms with Crippen LogP contribution in [-0.2, 0) is 16.1 Å². The molecule has 0 saturated carbocycles. The molecule has 7 nitrogen and oxygen atoms in total. The maximum atomic E-state index is 12.6. The van der Waals surface area contributed by atoms with Gasteiger partial charge >= 0.3 is 0 Å². The van der Waals surface area contributed by atoms with Gasteiger partial charge in [-0.15, -0.1) is 10.2 Å². The Labute approximate surface area is 217 Å². The Bertz CT molecular complexity index is 1330. The van der Waals surface area contributed by atoms with Crippen molar-refractivity contribution >= 4 is 55.7 Å². The second-order valence-corrected chi connectivity index (χ2v) is 11.0. The number of para-hydroxylation sites is 1. The highest BCUT2D eigenvalue weighted by Gasteiger charge is 2.25. The molecule has 1 amide bonds. The third-order valence-electron chi connectivity index (χ3n) is 6.15. The molecule has 1 saturated heterocycles. The van der Waals surface area contributed by atoms with Crippen LogP contribution in [0, 0.1) is 0 Å². The molecule has 35 heavy (non-hydrogen) atoms. The van der Waals surface area contributed by atoms with E-state index in [1.54, 1.807) is 11.8 Å². The molecule has 1 aliphatic heterocycles. The number of amides is 1. The molecule has 0 N–H and O–H groups in total. The molecule has 0 spiro atoms. The normalized spacial score (nSPS) is 18.4. The molecule has 2 aromatic heterocycles. The zero-order valence-corrected chi connectivity index (χ0v) is 22.3. The molecule has 182 valence electrons. The smallest absolute Gasteiger partial charge is 0.222 e. The molecular weight excluding hydrogens is 526 g/mol. The van der Waals surface area contributed by atoms with Gasteiger partial charge in [0.15, 0.2) is 5.65 Å². The van der Waals surface area contributed by atoms with Gasteiger partial charge in [0, 0.05) is 41.7 Å². The van der Waals surface area contributed by atoms with Gasteiger partial charge in [-0.3, -0.25) is 4.79 Å². The maximum Gasteiger partial charge on any atom is 0.222 e. The number of hydrogen-bond donors (Lipinski definition) is 0. The Kier molecular flexibility index (Phi) is 7.36. The van der Waals surface area contributed by atoms with E-state index in [0.717, 1.165) is 38.7 Å². The number of rotatable bonds is 7. The van der Waals surface area contributed by atoms with Gasteiger partial charge in [-0.1, -0.05) is 58.0 Å². The number of aromatic nitrogens is 4. The predicted octanol–water partition coefficient (Wildman–Crippen LogP) is 5.30. The van der Waals surface area contributed by atoms with E-state index in [0.29, 0.717) is 31.2 Å². The zero-order valence-electron chi connectivity index (χ0n) is 19.9. The van der Waals surface area contributed by atoms with Crippen molar-refractivity contribution in [2.75, 3.05) is 18.8 Å². The van der Waals surface area contributed by atoms with E-state index in [-0.39, 0.29) is 18.1 Å². The lowest BCUT2D eigenvalue weighted by Crippen LogP contribution is -2.48. The van der Waals surface area contributed by atoms with Crippen LogP contribution in [0.3, 0.4) is 0 Å². The van der Waals surface area contributed by atoms with Gasteiger partial charge in [-0.2, -0.15) is 0 Å². The average molecular weight is 555 g/mol. The molecule has 5 rings (SSSR count). The summed E-state index contributed by atoms with van der Waals surface area (Å²) in [4.78, 5) is 19.4. The van der Waals surface area contributed by atoms with E-state index in [9.17, 15) is 4.79 Å². The fourth-order valence-corrected chi connectivity index (χ4v) is 5.59. The summed E-state index contributed by atoms with van der Waals surface area (Å²) in [6.45, 7) is 6.07. The lowest BCUT2D eigenvalue weighted by Gasteiger charge is -2.35. The van der Waals surface area contributed by atoms with Gasteiger partial charge in [-0.25, -0.2) is 4.98 Å². The monoisotopic (exact) mass is 553 g/mol. The highest BCUT2D eigenvalue weighted by Crippen LogP contribution is 2.28. The number of nitrogens with zero attached hydrogens (tertiary/aromatic N) is 5. The molecule has 0 bridgehead atoms. The van der Waals surface area contributed by atoms with Gasteiger partial charge in [-0.05, 0) is 44.0 Å². The quantitative estimate of drug-likeness (QED) is 0.228. The molecule has 0 radical (unpaired) electrons. The van der Waals surface area contributed by atoms with Crippen LogP contribution in [0.25, 0.3) is 22.1 Å². The van der Waals surface area contributed by atoms with Gasteiger partial charge in [0.1, 0.15) is 5.52 Å². The number of carbonyl (C=O) groups is 1. The number of hydrogen-bond acceptors (Lipinski definition) is 6. The fourth-order valence-electron chi connectivity index (χ4n) is 4.61. The van der Waals surface area contributed by atoms with E-state index in [1.807, 2.05) is 30.9 Å². The minimum absolute atomic E-state index is 0.0902. The first-order chi connectivity index (χ1) is 17.0. The Balaban J connectivity index is 1.29. The first-order valence-electron chi connectivity index (χ1n) is 11.9. The van der Waals surface area contributed by atoms with Crippen LogP contribution in [0.1, 0.15) is 32.3 Å². The van der Waals surface area contributed by atoms with Gasteiger partial charge in [0.05, 0.1) is 17.7 Å². The lowest BCUT2D eigenvalue weighted by atomic mass is 10.2. The first-order valence-corrected chi connectivity index (χ1v) is 13.7. The number of thioether (sulfide) groups is 1. The summed E-state index contributed by atoms with van der Waals surface area (Å²) in [5, 5.41) is 10.6. The number of fused-ring (bicyclic) bond motifs is 3. The second kappa shape index (κ2) is 10.6. The standard InChI is InChI=1S/C26H28BrN5O2S/c1-17-14-31(15-18(2)34-17)23(33)8-5-13-35-26-28-25-24(29-30-26)21-6-3-4-7-22(21)32(25)16-19-9-11-20(27)12-10-19/h3-4,6-7,9-12,17-18H,5,8,13-16H2,1-2H3. The predicted molar refractivity (Wildman–Crippen MR) is 143 cm³/mol. The van der Waals surface area contributed by atoms with Gasteiger partial charge in [0.25, 0.3) is 0 Å². The van der Waals surface area contributed by atoms with Crippen LogP contribution >= 0.6 is 27.7 Å². The van der Waals surface area contributed by atoms with Crippen molar-refractivity contribution in [3.63, 3.8) is 0 Å². The second-order valence-electron chi connectivity index (χ2n) is 9.00. The first kappa shape index (κ1) is 24.2. The minimum atomic E-state index is 0.0902. The summed E-state index contributed by atoms with van der Waals surface area (Å²) in [5.41, 5.74) is 3.93. The van der Waals surface area contributed by atoms with Crippen molar-refractivity contribution in [2.45, 2.75) is 50.6 Å². The molecule has 4 aromatic rings. The van der Waals surface area contributed by atoms with Crippen LogP contribution in [0.4, 0.5) is 0 Å². The third kappa shape index (κ3) is 5.52. The largest absolute Gasteiger partial charge is 0.372 e. The molecule has 2 unspecified atom stereocenters. The Morgan fingerprint density at radius 3 is 2.60 bits per heavy atom. The van der Waals surface area contributed by atoms with Crippen molar-refractivity contribution < 1.29 is 9.53 Å². The van der Waals surface area contributed by atoms with Crippen LogP contribution in [-0.4, -0.2) is 61.6 Å². The summed E-state index contributed by atoms with van der Waals surface area (Å²) in [6.07, 6.45) is 1.47. The van der Waals surface area contributed by atoms with Gasteiger partial charge < -0.3 is 14.2 Å². The summed E-state index contributed by atoms with van der Waals surface area (Å²) < 4.78 is 9.00. The van der Waals surface area contributed by atoms with Crippen LogP contribution < -0.4 is 0 Å². The third-order valence-corrected chi connectivity index (χ3v) is 7.60. The van der Waals surface area contributed by atoms with Gasteiger partial charge in [0.2, 0.25) is 11.1 Å². The molecule has 2 aromatic carbocycles. The Morgan fingerprint density at radius 2 is 1.83 bits per heavy atom. The van der Waals surface area contributed by atoms with Crippen molar-refractivity contribution in [1.29, 1.82) is 0 Å². The number of carbonyl (C=O) groups excluding carboxylic acids is 1. The SMILES string of the molecule is CC1CN(C(=O)CCCSc2nnc3c4ccccc4n(Cc4ccc(Br)cc4)c3n2)CC(C)O1. The Morgan fingerprint density at radius 1 is 1.09 bits per heavy atom. The highest BCUT2D eigenvalue weighted by atomic mass is 79.9. The molecule has 9 heteroatoms. The van der Waals surface area contributed by atoms with E-state index in [1.165, 1.54) is 5.56 Å².